The Hall–Kier alpha value is -2.18. The standard InChI is InChI=1S/C19H26N4O2/c1-22-14-10-20-19(22)18(25)15-7-11-23(12-8-15)13-9-17(24)21-16-5-3-2-4-6-16/h2-6,10,14-15,18,25H,7-9,11-13H2,1H3,(H,21,24)/t18-/m1/s1. The number of nitrogens with zero attached hydrogens (tertiary/aromatic N) is 3. The van der Waals surface area contributed by atoms with Gasteiger partial charge in [0.2, 0.25) is 5.91 Å². The molecule has 1 aromatic heterocycles. The zero-order valence-electron chi connectivity index (χ0n) is 14.6. The number of likely N-dealkylation sites (tertiary alicyclic amines) is 1. The highest BCUT2D eigenvalue weighted by atomic mass is 16.3. The van der Waals surface area contributed by atoms with E-state index in [9.17, 15) is 9.90 Å². The third-order valence-corrected chi connectivity index (χ3v) is 4.91. The van der Waals surface area contributed by atoms with Gasteiger partial charge in [0.05, 0.1) is 0 Å². The minimum Gasteiger partial charge on any atom is -0.385 e. The van der Waals surface area contributed by atoms with Crippen LogP contribution in [0.3, 0.4) is 0 Å². The number of imidazole rings is 1. The summed E-state index contributed by atoms with van der Waals surface area (Å²) in [5.41, 5.74) is 0.837. The smallest absolute Gasteiger partial charge is 0.225 e. The second-order valence-electron chi connectivity index (χ2n) is 6.68. The molecular weight excluding hydrogens is 316 g/mol. The second kappa shape index (κ2) is 8.27. The number of hydrogen-bond acceptors (Lipinski definition) is 4. The summed E-state index contributed by atoms with van der Waals surface area (Å²) in [6.07, 6.45) is 5.41. The lowest BCUT2D eigenvalue weighted by atomic mass is 9.90. The van der Waals surface area contributed by atoms with Crippen molar-refractivity contribution >= 4 is 11.6 Å². The van der Waals surface area contributed by atoms with E-state index in [0.29, 0.717) is 6.42 Å². The Morgan fingerprint density at radius 2 is 2.04 bits per heavy atom. The van der Waals surface area contributed by atoms with Crippen LogP contribution in [0.4, 0.5) is 5.69 Å². The van der Waals surface area contributed by atoms with Crippen molar-refractivity contribution in [2.75, 3.05) is 25.0 Å². The van der Waals surface area contributed by atoms with Gasteiger partial charge in [-0.15, -0.1) is 0 Å². The summed E-state index contributed by atoms with van der Waals surface area (Å²) in [5.74, 6) is 1.01. The summed E-state index contributed by atoms with van der Waals surface area (Å²) < 4.78 is 1.88. The number of amides is 1. The molecule has 1 aliphatic rings. The molecule has 25 heavy (non-hydrogen) atoms. The van der Waals surface area contributed by atoms with Crippen LogP contribution in [-0.2, 0) is 11.8 Å². The van der Waals surface area contributed by atoms with E-state index in [1.54, 1.807) is 6.20 Å². The molecule has 6 nitrogen and oxygen atoms in total. The molecule has 2 aromatic rings. The third kappa shape index (κ3) is 4.67. The van der Waals surface area contributed by atoms with Gasteiger partial charge in [-0.05, 0) is 44.0 Å². The molecule has 0 unspecified atom stereocenters. The van der Waals surface area contributed by atoms with E-state index in [0.717, 1.165) is 44.0 Å². The van der Waals surface area contributed by atoms with Gasteiger partial charge >= 0.3 is 0 Å². The zero-order chi connectivity index (χ0) is 17.6. The van der Waals surface area contributed by atoms with Gasteiger partial charge in [-0.1, -0.05) is 18.2 Å². The Balaban J connectivity index is 1.40. The summed E-state index contributed by atoms with van der Waals surface area (Å²) in [7, 11) is 1.91. The molecule has 1 fully saturated rings. The maximum Gasteiger partial charge on any atom is 0.225 e. The fourth-order valence-corrected chi connectivity index (χ4v) is 3.37. The molecule has 2 heterocycles. The monoisotopic (exact) mass is 342 g/mol. The van der Waals surface area contributed by atoms with Crippen LogP contribution >= 0.6 is 0 Å². The number of benzene rings is 1. The molecule has 3 rings (SSSR count). The molecule has 0 saturated carbocycles. The van der Waals surface area contributed by atoms with Gasteiger partial charge in [-0.3, -0.25) is 4.79 Å². The van der Waals surface area contributed by atoms with E-state index in [2.05, 4.69) is 15.2 Å². The first-order valence-electron chi connectivity index (χ1n) is 8.86. The van der Waals surface area contributed by atoms with Crippen molar-refractivity contribution in [3.8, 4) is 0 Å². The van der Waals surface area contributed by atoms with Crippen LogP contribution in [0, 0.1) is 5.92 Å². The fraction of sp³-hybridized carbons (Fsp3) is 0.474. The summed E-state index contributed by atoms with van der Waals surface area (Å²) in [4.78, 5) is 18.6. The Bertz CT molecular complexity index is 678. The molecule has 0 bridgehead atoms. The number of carbonyl (C=O) groups is 1. The molecule has 0 aliphatic carbocycles. The molecule has 1 aliphatic heterocycles. The molecule has 1 saturated heterocycles. The minimum atomic E-state index is -0.511. The van der Waals surface area contributed by atoms with Gasteiger partial charge in [-0.25, -0.2) is 4.98 Å². The van der Waals surface area contributed by atoms with E-state index < -0.39 is 6.10 Å². The van der Waals surface area contributed by atoms with Gasteiger partial charge in [0.25, 0.3) is 0 Å². The van der Waals surface area contributed by atoms with Gasteiger partial charge < -0.3 is 19.9 Å². The summed E-state index contributed by atoms with van der Waals surface area (Å²) >= 11 is 0. The predicted octanol–water partition coefficient (Wildman–Crippen LogP) is 2.19. The molecule has 2 N–H and O–H groups in total. The third-order valence-electron chi connectivity index (χ3n) is 4.91. The van der Waals surface area contributed by atoms with E-state index in [-0.39, 0.29) is 11.8 Å². The summed E-state index contributed by atoms with van der Waals surface area (Å²) in [5, 5.41) is 13.4. The van der Waals surface area contributed by atoms with Crippen molar-refractivity contribution in [1.29, 1.82) is 0 Å². The van der Waals surface area contributed by atoms with Crippen molar-refractivity contribution in [3.05, 3.63) is 48.5 Å². The second-order valence-corrected chi connectivity index (χ2v) is 6.68. The van der Waals surface area contributed by atoms with Crippen molar-refractivity contribution < 1.29 is 9.90 Å². The molecule has 0 radical (unpaired) electrons. The molecule has 0 spiro atoms. The van der Waals surface area contributed by atoms with Gasteiger partial charge in [0, 0.05) is 38.1 Å². The molecule has 6 heteroatoms. The topological polar surface area (TPSA) is 70.4 Å². The highest BCUT2D eigenvalue weighted by molar-refractivity contribution is 5.90. The number of aliphatic hydroxyl groups excluding tert-OH is 1. The SMILES string of the molecule is Cn1ccnc1[C@H](O)C1CCN(CCC(=O)Nc2ccccc2)CC1. The van der Waals surface area contributed by atoms with Gasteiger partial charge in [0.15, 0.2) is 0 Å². The lowest BCUT2D eigenvalue weighted by molar-refractivity contribution is -0.116. The number of aryl methyl sites for hydroxylation is 1. The molecular formula is C19H26N4O2. The van der Waals surface area contributed by atoms with Crippen molar-refractivity contribution in [1.82, 2.24) is 14.5 Å². The van der Waals surface area contributed by atoms with Crippen molar-refractivity contribution in [2.45, 2.75) is 25.4 Å². The Morgan fingerprint density at radius 1 is 1.32 bits per heavy atom. The van der Waals surface area contributed by atoms with Crippen LogP contribution in [0.25, 0.3) is 0 Å². The molecule has 1 amide bonds. The molecule has 1 atom stereocenters. The number of piperidine rings is 1. The summed E-state index contributed by atoms with van der Waals surface area (Å²) in [6.45, 7) is 2.57. The number of aliphatic hydroxyl groups is 1. The highest BCUT2D eigenvalue weighted by Crippen LogP contribution is 2.29. The zero-order valence-corrected chi connectivity index (χ0v) is 14.6. The Morgan fingerprint density at radius 3 is 2.68 bits per heavy atom. The van der Waals surface area contributed by atoms with Crippen LogP contribution in [-0.4, -0.2) is 45.1 Å². The largest absolute Gasteiger partial charge is 0.385 e. The first-order valence-corrected chi connectivity index (χ1v) is 8.86. The predicted molar refractivity (Wildman–Crippen MR) is 97.0 cm³/mol. The average molecular weight is 342 g/mol. The quantitative estimate of drug-likeness (QED) is 0.844. The lowest BCUT2D eigenvalue weighted by Crippen LogP contribution is -2.37. The maximum absolute atomic E-state index is 12.0. The number of aromatic nitrogens is 2. The number of carbonyl (C=O) groups excluding carboxylic acids is 1. The van der Waals surface area contributed by atoms with Crippen LogP contribution in [0.2, 0.25) is 0 Å². The van der Waals surface area contributed by atoms with E-state index in [4.69, 9.17) is 0 Å². The normalized spacial score (nSPS) is 17.4. The Kier molecular flexibility index (Phi) is 5.83. The maximum atomic E-state index is 12.0. The molecule has 134 valence electrons. The van der Waals surface area contributed by atoms with Crippen molar-refractivity contribution in [2.24, 2.45) is 13.0 Å². The minimum absolute atomic E-state index is 0.0429. The summed E-state index contributed by atoms with van der Waals surface area (Å²) in [6, 6.07) is 9.53. The number of hydrogen-bond donors (Lipinski definition) is 2. The van der Waals surface area contributed by atoms with Crippen LogP contribution in [0.15, 0.2) is 42.7 Å². The van der Waals surface area contributed by atoms with Gasteiger partial charge in [-0.2, -0.15) is 0 Å². The first-order chi connectivity index (χ1) is 12.1. The van der Waals surface area contributed by atoms with Crippen LogP contribution in [0.5, 0.6) is 0 Å². The fourth-order valence-electron chi connectivity index (χ4n) is 3.37. The number of anilines is 1. The highest BCUT2D eigenvalue weighted by Gasteiger charge is 2.28. The number of para-hydroxylation sites is 1. The Labute approximate surface area is 148 Å². The van der Waals surface area contributed by atoms with Crippen LogP contribution < -0.4 is 5.32 Å². The first kappa shape index (κ1) is 17.6. The number of nitrogens with one attached hydrogen (secondary N) is 1. The lowest BCUT2D eigenvalue weighted by Gasteiger charge is -2.33. The van der Waals surface area contributed by atoms with Crippen LogP contribution in [0.1, 0.15) is 31.2 Å². The van der Waals surface area contributed by atoms with E-state index in [1.165, 1.54) is 0 Å². The van der Waals surface area contributed by atoms with E-state index >= 15 is 0 Å². The van der Waals surface area contributed by atoms with Crippen molar-refractivity contribution in [3.63, 3.8) is 0 Å². The van der Waals surface area contributed by atoms with E-state index in [1.807, 2.05) is 48.1 Å². The van der Waals surface area contributed by atoms with Gasteiger partial charge in [0.1, 0.15) is 11.9 Å². The average Bonchev–Trinajstić information content (AvgIpc) is 3.07. The molecule has 1 aromatic carbocycles. The number of rotatable bonds is 6.